The Kier molecular flexibility index (Phi) is 5.94. The van der Waals surface area contributed by atoms with Crippen LogP contribution in [0.25, 0.3) is 0 Å². The van der Waals surface area contributed by atoms with Crippen molar-refractivity contribution in [3.63, 3.8) is 0 Å². The van der Waals surface area contributed by atoms with Gasteiger partial charge in [0.25, 0.3) is 0 Å². The molecule has 0 bridgehead atoms. The molecule has 0 aliphatic heterocycles. The Morgan fingerprint density at radius 1 is 0.895 bits per heavy atom. The molecule has 0 spiro atoms. The molecule has 0 heterocycles. The van der Waals surface area contributed by atoms with Crippen LogP contribution in [0.5, 0.6) is 0 Å². The third-order valence-corrected chi connectivity index (χ3v) is 5.28. The summed E-state index contributed by atoms with van der Waals surface area (Å²) < 4.78 is 0. The Hall–Kier alpha value is -0.780. The van der Waals surface area contributed by atoms with E-state index in [0.717, 1.165) is 17.8 Å². The van der Waals surface area contributed by atoms with Crippen LogP contribution in [-0.4, -0.2) is 0 Å². The van der Waals surface area contributed by atoms with Crippen molar-refractivity contribution in [3.8, 4) is 0 Å². The maximum Gasteiger partial charge on any atom is -0.0162 e. The highest BCUT2D eigenvalue weighted by molar-refractivity contribution is 5.25. The van der Waals surface area contributed by atoms with Crippen LogP contribution in [-0.2, 0) is 0 Å². The molecule has 0 aromatic rings. The largest absolute Gasteiger partial charge is 0.0988 e. The monoisotopic (exact) mass is 258 g/mol. The van der Waals surface area contributed by atoms with Crippen LogP contribution < -0.4 is 0 Å². The van der Waals surface area contributed by atoms with Gasteiger partial charge in [-0.05, 0) is 55.9 Å². The average molecular weight is 258 g/mol. The van der Waals surface area contributed by atoms with E-state index in [1.165, 1.54) is 63.4 Å². The topological polar surface area (TPSA) is 0 Å². The van der Waals surface area contributed by atoms with Crippen LogP contribution >= 0.6 is 0 Å². The van der Waals surface area contributed by atoms with E-state index in [0.29, 0.717) is 0 Å². The van der Waals surface area contributed by atoms with Crippen LogP contribution in [0.4, 0.5) is 0 Å². The molecule has 0 N–H and O–H groups in total. The van der Waals surface area contributed by atoms with Gasteiger partial charge in [0.1, 0.15) is 0 Å². The first-order valence-electron chi connectivity index (χ1n) is 8.30. The minimum absolute atomic E-state index is 0.772. The second kappa shape index (κ2) is 7.72. The zero-order chi connectivity index (χ0) is 13.5. The van der Waals surface area contributed by atoms with Crippen LogP contribution in [0.3, 0.4) is 0 Å². The van der Waals surface area contributed by atoms with Gasteiger partial charge in [0, 0.05) is 0 Å². The lowest BCUT2D eigenvalue weighted by atomic mass is 9.70. The summed E-state index contributed by atoms with van der Waals surface area (Å²) in [4.78, 5) is 0. The molecule has 0 atom stereocenters. The fourth-order valence-corrected chi connectivity index (χ4v) is 4.11. The molecule has 0 aromatic heterocycles. The van der Waals surface area contributed by atoms with Gasteiger partial charge in [-0.2, -0.15) is 0 Å². The van der Waals surface area contributed by atoms with Crippen molar-refractivity contribution in [3.05, 3.63) is 36.5 Å². The van der Waals surface area contributed by atoms with Gasteiger partial charge in [0.05, 0.1) is 0 Å². The van der Waals surface area contributed by atoms with Crippen molar-refractivity contribution in [2.75, 3.05) is 0 Å². The number of rotatable bonds is 4. The van der Waals surface area contributed by atoms with E-state index in [9.17, 15) is 0 Å². The third-order valence-electron chi connectivity index (χ3n) is 5.28. The molecule has 0 aromatic carbocycles. The molecular weight excluding hydrogens is 228 g/mol. The van der Waals surface area contributed by atoms with Crippen molar-refractivity contribution in [2.24, 2.45) is 17.8 Å². The Labute approximate surface area is 119 Å². The van der Waals surface area contributed by atoms with E-state index < -0.39 is 0 Å². The van der Waals surface area contributed by atoms with Crippen LogP contribution in [0.15, 0.2) is 36.5 Å². The molecule has 19 heavy (non-hydrogen) atoms. The van der Waals surface area contributed by atoms with Crippen molar-refractivity contribution in [1.29, 1.82) is 0 Å². The number of hydrogen-bond acceptors (Lipinski definition) is 0. The van der Waals surface area contributed by atoms with Gasteiger partial charge in [-0.1, -0.05) is 63.0 Å². The van der Waals surface area contributed by atoms with E-state index in [-0.39, 0.29) is 0 Å². The summed E-state index contributed by atoms with van der Waals surface area (Å²) in [5.41, 5.74) is 1.46. The SMILES string of the molecule is C=C/C(=C\C=C\C)C1CCC(C2CCCCC2)CC1. The quantitative estimate of drug-likeness (QED) is 0.537. The van der Waals surface area contributed by atoms with Gasteiger partial charge in [0.2, 0.25) is 0 Å². The zero-order valence-corrected chi connectivity index (χ0v) is 12.6. The standard InChI is InChI=1S/C19H30/c1-3-5-9-16(4-2)18-12-14-19(15-13-18)17-10-7-6-8-11-17/h3-5,9,17-19H,2,6-8,10-15H2,1H3/b5-3+,16-9+. The lowest BCUT2D eigenvalue weighted by Gasteiger charge is -2.36. The molecule has 2 saturated carbocycles. The first-order valence-corrected chi connectivity index (χ1v) is 8.30. The van der Waals surface area contributed by atoms with E-state index in [2.05, 4.69) is 37.8 Å². The van der Waals surface area contributed by atoms with Gasteiger partial charge in [-0.15, -0.1) is 0 Å². The molecule has 0 radical (unpaired) electrons. The number of hydrogen-bond donors (Lipinski definition) is 0. The summed E-state index contributed by atoms with van der Waals surface area (Å²) >= 11 is 0. The third kappa shape index (κ3) is 4.09. The lowest BCUT2D eigenvalue weighted by Crippen LogP contribution is -2.24. The summed E-state index contributed by atoms with van der Waals surface area (Å²) in [5, 5.41) is 0. The highest BCUT2D eigenvalue weighted by Gasteiger charge is 2.28. The van der Waals surface area contributed by atoms with Gasteiger partial charge in [-0.3, -0.25) is 0 Å². The van der Waals surface area contributed by atoms with E-state index >= 15 is 0 Å². The molecule has 0 unspecified atom stereocenters. The number of allylic oxidation sites excluding steroid dienone is 5. The van der Waals surface area contributed by atoms with Gasteiger partial charge >= 0.3 is 0 Å². The summed E-state index contributed by atoms with van der Waals surface area (Å²) in [6.07, 6.45) is 21.8. The van der Waals surface area contributed by atoms with Crippen molar-refractivity contribution < 1.29 is 0 Å². The van der Waals surface area contributed by atoms with E-state index in [4.69, 9.17) is 0 Å². The summed E-state index contributed by atoms with van der Waals surface area (Å²) in [6, 6.07) is 0. The van der Waals surface area contributed by atoms with Crippen LogP contribution in [0.1, 0.15) is 64.7 Å². The molecule has 2 aliphatic carbocycles. The maximum absolute atomic E-state index is 4.00. The van der Waals surface area contributed by atoms with Crippen molar-refractivity contribution in [2.45, 2.75) is 64.7 Å². The molecule has 0 nitrogen and oxygen atoms in total. The van der Waals surface area contributed by atoms with Crippen LogP contribution in [0.2, 0.25) is 0 Å². The first-order chi connectivity index (χ1) is 9.35. The molecule has 0 heteroatoms. The highest BCUT2D eigenvalue weighted by Crippen LogP contribution is 2.41. The van der Waals surface area contributed by atoms with Gasteiger partial charge in [0.15, 0.2) is 0 Å². The van der Waals surface area contributed by atoms with Crippen LogP contribution in [0, 0.1) is 17.8 Å². The van der Waals surface area contributed by atoms with Gasteiger partial charge in [-0.25, -0.2) is 0 Å². The minimum Gasteiger partial charge on any atom is -0.0988 e. The molecule has 2 rings (SSSR count). The second-order valence-corrected chi connectivity index (χ2v) is 6.41. The Balaban J connectivity index is 1.85. The molecule has 2 fully saturated rings. The molecule has 0 amide bonds. The molecule has 0 saturated heterocycles. The van der Waals surface area contributed by atoms with Crippen molar-refractivity contribution >= 4 is 0 Å². The lowest BCUT2D eigenvalue weighted by molar-refractivity contribution is 0.178. The summed E-state index contributed by atoms with van der Waals surface area (Å²) in [6.45, 7) is 6.08. The Morgan fingerprint density at radius 2 is 1.53 bits per heavy atom. The summed E-state index contributed by atoms with van der Waals surface area (Å²) in [5.74, 6) is 2.86. The average Bonchev–Trinajstić information content (AvgIpc) is 2.49. The second-order valence-electron chi connectivity index (χ2n) is 6.41. The Bertz CT molecular complexity index is 320. The summed E-state index contributed by atoms with van der Waals surface area (Å²) in [7, 11) is 0. The van der Waals surface area contributed by atoms with Crippen molar-refractivity contribution in [1.82, 2.24) is 0 Å². The zero-order valence-electron chi connectivity index (χ0n) is 12.6. The smallest absolute Gasteiger partial charge is 0.0162 e. The fraction of sp³-hybridized carbons (Fsp3) is 0.684. The predicted octanol–water partition coefficient (Wildman–Crippen LogP) is 6.06. The van der Waals surface area contributed by atoms with E-state index in [1.54, 1.807) is 0 Å². The molecule has 2 aliphatic rings. The van der Waals surface area contributed by atoms with Gasteiger partial charge < -0.3 is 0 Å². The first kappa shape index (κ1) is 14.6. The normalized spacial score (nSPS) is 30.7. The Morgan fingerprint density at radius 3 is 2.11 bits per heavy atom. The fourth-order valence-electron chi connectivity index (χ4n) is 4.11. The predicted molar refractivity (Wildman–Crippen MR) is 85.1 cm³/mol. The van der Waals surface area contributed by atoms with E-state index in [1.807, 2.05) is 0 Å². The highest BCUT2D eigenvalue weighted by atomic mass is 14.3. The maximum atomic E-state index is 4.00. The molecular formula is C19H30. The minimum atomic E-state index is 0.772. The molecule has 106 valence electrons.